The standard InChI is InChI=1S/C18H32ClN2O8PS/c1-5-6-10-7-11(21(3)8-10)17(24)20-12(9(2)19)15-13(22)14(23)16(18(28-15)31-4)29-30(25,26)27/h6,9,11-16,18,22-23H,5,7-8H2,1-4H3,(H,20,24)(H2,25,26,27)/b10-6-. The summed E-state index contributed by atoms with van der Waals surface area (Å²) >= 11 is 7.36. The highest BCUT2D eigenvalue weighted by Crippen LogP contribution is 2.43. The first-order valence-electron chi connectivity index (χ1n) is 10.0. The number of nitrogens with zero attached hydrogens (tertiary/aromatic N) is 1. The number of nitrogens with one attached hydrogen (secondary N) is 1. The Morgan fingerprint density at radius 2 is 2.10 bits per heavy atom. The van der Waals surface area contributed by atoms with Crippen molar-refractivity contribution in [3.63, 3.8) is 0 Å². The lowest BCUT2D eigenvalue weighted by Gasteiger charge is -2.45. The number of rotatable bonds is 8. The molecule has 0 aromatic rings. The third-order valence-electron chi connectivity index (χ3n) is 5.47. The van der Waals surface area contributed by atoms with E-state index in [-0.39, 0.29) is 5.91 Å². The van der Waals surface area contributed by atoms with Crippen LogP contribution in [0.25, 0.3) is 0 Å². The lowest BCUT2D eigenvalue weighted by molar-refractivity contribution is -0.201. The molecule has 13 heteroatoms. The highest BCUT2D eigenvalue weighted by molar-refractivity contribution is 7.99. The second kappa shape index (κ2) is 11.3. The monoisotopic (exact) mass is 502 g/mol. The average molecular weight is 503 g/mol. The molecule has 2 aliphatic heterocycles. The SMILES string of the molecule is CC/C=C1/CC(C(=O)NC(C(C)Cl)C2OC(SC)C(OP(=O)(O)O)C(O)C2O)N(C)C1. The molecule has 10 nitrogen and oxygen atoms in total. The minimum Gasteiger partial charge on any atom is -0.388 e. The van der Waals surface area contributed by atoms with E-state index in [2.05, 4.69) is 15.9 Å². The van der Waals surface area contributed by atoms with Crippen molar-refractivity contribution >= 4 is 37.1 Å². The molecule has 0 radical (unpaired) electrons. The smallest absolute Gasteiger partial charge is 0.388 e. The first-order valence-corrected chi connectivity index (χ1v) is 13.3. The van der Waals surface area contributed by atoms with Gasteiger partial charge in [-0.1, -0.05) is 18.6 Å². The quantitative estimate of drug-likeness (QED) is 0.180. The Hall–Kier alpha value is -0.200. The average Bonchev–Trinajstić information content (AvgIpc) is 3.03. The maximum atomic E-state index is 13.0. The van der Waals surface area contributed by atoms with Gasteiger partial charge in [-0.3, -0.25) is 14.2 Å². The third-order valence-corrected chi connectivity index (χ3v) is 7.10. The van der Waals surface area contributed by atoms with E-state index in [1.54, 1.807) is 13.2 Å². The molecule has 5 N–H and O–H groups in total. The van der Waals surface area contributed by atoms with E-state index in [1.807, 2.05) is 18.9 Å². The van der Waals surface area contributed by atoms with Gasteiger partial charge in [0.05, 0.1) is 17.5 Å². The molecule has 2 aliphatic rings. The van der Waals surface area contributed by atoms with Crippen molar-refractivity contribution < 1.29 is 38.6 Å². The summed E-state index contributed by atoms with van der Waals surface area (Å²) in [6.45, 7) is 4.34. The summed E-state index contributed by atoms with van der Waals surface area (Å²) in [5, 5.41) is 23.3. The highest BCUT2D eigenvalue weighted by atomic mass is 35.5. The van der Waals surface area contributed by atoms with Crippen molar-refractivity contribution in [2.24, 2.45) is 0 Å². The third kappa shape index (κ3) is 6.89. The number of hydrogen-bond acceptors (Lipinski definition) is 8. The molecule has 2 heterocycles. The Bertz CT molecular complexity index is 706. The van der Waals surface area contributed by atoms with Gasteiger partial charge in [0.2, 0.25) is 5.91 Å². The number of thioether (sulfide) groups is 1. The molecule has 0 aromatic heterocycles. The van der Waals surface area contributed by atoms with Gasteiger partial charge in [-0.2, -0.15) is 0 Å². The van der Waals surface area contributed by atoms with Crippen LogP contribution >= 0.6 is 31.2 Å². The van der Waals surface area contributed by atoms with Gasteiger partial charge in [0.15, 0.2) is 0 Å². The van der Waals surface area contributed by atoms with Gasteiger partial charge >= 0.3 is 7.82 Å². The number of hydrogen-bond donors (Lipinski definition) is 5. The van der Waals surface area contributed by atoms with Gasteiger partial charge < -0.3 is 30.1 Å². The van der Waals surface area contributed by atoms with E-state index in [1.165, 1.54) is 5.57 Å². The Balaban J connectivity index is 2.18. The zero-order chi connectivity index (χ0) is 23.5. The maximum Gasteiger partial charge on any atom is 0.470 e. The number of aliphatic hydroxyl groups excluding tert-OH is 2. The van der Waals surface area contributed by atoms with Crippen molar-refractivity contribution in [3.8, 4) is 0 Å². The van der Waals surface area contributed by atoms with Gasteiger partial charge in [0, 0.05) is 6.54 Å². The molecular formula is C18H32ClN2O8PS. The highest BCUT2D eigenvalue weighted by Gasteiger charge is 2.51. The summed E-state index contributed by atoms with van der Waals surface area (Å²) in [5.41, 5.74) is 0.170. The van der Waals surface area contributed by atoms with Crippen LogP contribution in [0.15, 0.2) is 11.6 Å². The summed E-state index contributed by atoms with van der Waals surface area (Å²) in [6, 6.07) is -1.26. The van der Waals surface area contributed by atoms with Crippen LogP contribution in [0.4, 0.5) is 0 Å². The van der Waals surface area contributed by atoms with Crippen LogP contribution in [-0.4, -0.2) is 98.0 Å². The van der Waals surface area contributed by atoms with Gasteiger partial charge in [0.25, 0.3) is 0 Å². The summed E-state index contributed by atoms with van der Waals surface area (Å²) in [6.07, 6.45) is -0.663. The van der Waals surface area contributed by atoms with Gasteiger partial charge in [-0.25, -0.2) is 4.57 Å². The van der Waals surface area contributed by atoms with E-state index in [9.17, 15) is 19.6 Å². The van der Waals surface area contributed by atoms with Crippen LogP contribution in [-0.2, 0) is 18.6 Å². The number of phosphoric acid groups is 1. The minimum atomic E-state index is -4.94. The zero-order valence-electron chi connectivity index (χ0n) is 17.9. The fraction of sp³-hybridized carbons (Fsp3) is 0.833. The van der Waals surface area contributed by atoms with Crippen molar-refractivity contribution in [1.29, 1.82) is 0 Å². The van der Waals surface area contributed by atoms with E-state index >= 15 is 0 Å². The number of phosphoric ester groups is 1. The Kier molecular flexibility index (Phi) is 9.85. The van der Waals surface area contributed by atoms with E-state index in [0.717, 1.165) is 18.2 Å². The number of carbonyl (C=O) groups is 1. The molecule has 0 saturated carbocycles. The summed E-state index contributed by atoms with van der Waals surface area (Å²) in [7, 11) is -3.09. The van der Waals surface area contributed by atoms with E-state index in [4.69, 9.17) is 26.1 Å². The summed E-state index contributed by atoms with van der Waals surface area (Å²) in [5.74, 6) is -0.279. The second-order valence-corrected chi connectivity index (χ2v) is 10.7. The molecule has 8 unspecified atom stereocenters. The van der Waals surface area contributed by atoms with Crippen LogP contribution in [0.1, 0.15) is 26.7 Å². The molecule has 1 amide bonds. The van der Waals surface area contributed by atoms with E-state index < -0.39 is 55.1 Å². The Morgan fingerprint density at radius 1 is 1.45 bits per heavy atom. The van der Waals surface area contributed by atoms with Crippen LogP contribution in [0.5, 0.6) is 0 Å². The second-order valence-electron chi connectivity index (χ2n) is 7.86. The molecule has 2 saturated heterocycles. The first kappa shape index (κ1) is 27.0. The largest absolute Gasteiger partial charge is 0.470 e. The molecule has 0 aromatic carbocycles. The fourth-order valence-electron chi connectivity index (χ4n) is 3.97. The first-order chi connectivity index (χ1) is 14.4. The van der Waals surface area contributed by atoms with Crippen molar-refractivity contribution in [2.45, 2.75) is 74.0 Å². The molecular weight excluding hydrogens is 471 g/mol. The zero-order valence-corrected chi connectivity index (χ0v) is 20.4. The van der Waals surface area contributed by atoms with Gasteiger partial charge in [0.1, 0.15) is 29.9 Å². The summed E-state index contributed by atoms with van der Waals surface area (Å²) in [4.78, 5) is 33.1. The van der Waals surface area contributed by atoms with E-state index in [0.29, 0.717) is 13.0 Å². The molecule has 8 atom stereocenters. The van der Waals surface area contributed by atoms with Gasteiger partial charge in [-0.15, -0.1) is 23.4 Å². The number of likely N-dealkylation sites (tertiary alicyclic amines) is 1. The number of aliphatic hydroxyl groups is 2. The minimum absolute atomic E-state index is 0.279. The lowest BCUT2D eigenvalue weighted by atomic mass is 9.93. The fourth-order valence-corrected chi connectivity index (χ4v) is 5.53. The molecule has 180 valence electrons. The van der Waals surface area contributed by atoms with Crippen LogP contribution in [0.2, 0.25) is 0 Å². The molecule has 2 fully saturated rings. The van der Waals surface area contributed by atoms with Crippen molar-refractivity contribution in [2.75, 3.05) is 19.8 Å². The number of halogens is 1. The predicted molar refractivity (Wildman–Crippen MR) is 118 cm³/mol. The number of alkyl halides is 1. The number of allylic oxidation sites excluding steroid dienone is 1. The number of carbonyl (C=O) groups excluding carboxylic acids is 1. The molecule has 31 heavy (non-hydrogen) atoms. The normalized spacial score (nSPS) is 35.8. The molecule has 2 rings (SSSR count). The molecule has 0 spiro atoms. The Morgan fingerprint density at radius 3 is 2.61 bits per heavy atom. The van der Waals surface area contributed by atoms with Crippen LogP contribution in [0.3, 0.4) is 0 Å². The van der Waals surface area contributed by atoms with Crippen molar-refractivity contribution in [1.82, 2.24) is 10.2 Å². The predicted octanol–water partition coefficient (Wildman–Crippen LogP) is 0.427. The maximum absolute atomic E-state index is 13.0. The van der Waals surface area contributed by atoms with Crippen molar-refractivity contribution in [3.05, 3.63) is 11.6 Å². The van der Waals surface area contributed by atoms with Gasteiger partial charge in [-0.05, 0) is 33.1 Å². The molecule has 0 bridgehead atoms. The lowest BCUT2D eigenvalue weighted by Crippen LogP contribution is -2.65. The summed E-state index contributed by atoms with van der Waals surface area (Å²) < 4.78 is 21.7. The topological polar surface area (TPSA) is 149 Å². The molecule has 0 aliphatic carbocycles. The number of ether oxygens (including phenoxy) is 1. The number of likely N-dealkylation sites (N-methyl/N-ethyl adjacent to an activating group) is 1. The Labute approximate surface area is 191 Å². The number of amides is 1. The van der Waals surface area contributed by atoms with Crippen LogP contribution in [0, 0.1) is 0 Å². The van der Waals surface area contributed by atoms with Crippen LogP contribution < -0.4 is 5.32 Å².